The number of aliphatic hydroxyl groups is 1. The molecular formula is C11H15N5OS2. The third-order valence-electron chi connectivity index (χ3n) is 2.88. The van der Waals surface area contributed by atoms with Gasteiger partial charge < -0.3 is 14.9 Å². The van der Waals surface area contributed by atoms with E-state index >= 15 is 0 Å². The quantitative estimate of drug-likeness (QED) is 0.912. The van der Waals surface area contributed by atoms with E-state index in [0.29, 0.717) is 6.54 Å². The first kappa shape index (κ1) is 12.8. The van der Waals surface area contributed by atoms with E-state index in [1.165, 1.54) is 0 Å². The third kappa shape index (κ3) is 2.86. The van der Waals surface area contributed by atoms with Crippen LogP contribution in [0.4, 0.5) is 10.3 Å². The molecule has 0 bridgehead atoms. The molecule has 0 spiro atoms. The van der Waals surface area contributed by atoms with Crippen molar-refractivity contribution in [2.45, 2.75) is 0 Å². The lowest BCUT2D eigenvalue weighted by Crippen LogP contribution is -2.55. The third-order valence-corrected chi connectivity index (χ3v) is 4.54. The molecule has 102 valence electrons. The van der Waals surface area contributed by atoms with Crippen LogP contribution in [0.25, 0.3) is 0 Å². The molecule has 1 aliphatic rings. The first-order valence-electron chi connectivity index (χ1n) is 5.99. The highest BCUT2D eigenvalue weighted by molar-refractivity contribution is 7.14. The Hall–Kier alpha value is -1.22. The standard InChI is InChI=1S/C11H15N5OS2/c17-4-3-14-7-15(10-12-1-5-18-10)9-16(8-14)11-13-2-6-19-11/h1-2,5-6,17H,3-4,7-9H2. The molecular weight excluding hydrogens is 282 g/mol. The predicted molar refractivity (Wildman–Crippen MR) is 77.6 cm³/mol. The van der Waals surface area contributed by atoms with Gasteiger partial charge in [-0.3, -0.25) is 4.90 Å². The largest absolute Gasteiger partial charge is 0.395 e. The highest BCUT2D eigenvalue weighted by Crippen LogP contribution is 2.25. The Bertz CT molecular complexity index is 447. The molecule has 2 aromatic heterocycles. The lowest BCUT2D eigenvalue weighted by molar-refractivity contribution is 0.180. The summed E-state index contributed by atoms with van der Waals surface area (Å²) in [5.41, 5.74) is 0. The zero-order chi connectivity index (χ0) is 13.1. The highest BCUT2D eigenvalue weighted by atomic mass is 32.1. The molecule has 1 saturated heterocycles. The average Bonchev–Trinajstić information content (AvgIpc) is 3.12. The molecule has 6 nitrogen and oxygen atoms in total. The summed E-state index contributed by atoms with van der Waals surface area (Å²) in [5.74, 6) is 0. The minimum atomic E-state index is 0.164. The molecule has 1 N–H and O–H groups in total. The van der Waals surface area contributed by atoms with Crippen molar-refractivity contribution in [1.29, 1.82) is 0 Å². The molecule has 1 aliphatic heterocycles. The number of rotatable bonds is 4. The van der Waals surface area contributed by atoms with Crippen molar-refractivity contribution in [3.05, 3.63) is 23.2 Å². The summed E-state index contributed by atoms with van der Waals surface area (Å²) in [6, 6.07) is 0. The van der Waals surface area contributed by atoms with Gasteiger partial charge >= 0.3 is 0 Å². The molecule has 0 unspecified atom stereocenters. The van der Waals surface area contributed by atoms with Gasteiger partial charge in [-0.2, -0.15) is 0 Å². The van der Waals surface area contributed by atoms with Crippen LogP contribution in [-0.2, 0) is 0 Å². The molecule has 3 rings (SSSR count). The second-order valence-corrected chi connectivity index (χ2v) is 6.00. The summed E-state index contributed by atoms with van der Waals surface area (Å²) in [6.45, 7) is 3.18. The van der Waals surface area contributed by atoms with Crippen molar-refractivity contribution in [3.8, 4) is 0 Å². The number of β-amino-alcohol motifs (C(OH)–C–C–N with tert-alkyl or cyclic N) is 1. The predicted octanol–water partition coefficient (Wildman–Crippen LogP) is 1.09. The number of anilines is 2. The van der Waals surface area contributed by atoms with Crippen molar-refractivity contribution in [3.63, 3.8) is 0 Å². The average molecular weight is 297 g/mol. The zero-order valence-corrected chi connectivity index (χ0v) is 12.0. The van der Waals surface area contributed by atoms with Crippen LogP contribution in [0, 0.1) is 0 Å². The molecule has 19 heavy (non-hydrogen) atoms. The SMILES string of the molecule is OCCN1CN(c2nccs2)CN(c2nccs2)C1. The number of thiazole rings is 2. The molecule has 3 heterocycles. The van der Waals surface area contributed by atoms with E-state index in [1.54, 1.807) is 22.7 Å². The Morgan fingerprint density at radius 2 is 1.58 bits per heavy atom. The lowest BCUT2D eigenvalue weighted by atomic mass is 10.5. The smallest absolute Gasteiger partial charge is 0.187 e. The summed E-state index contributed by atoms with van der Waals surface area (Å²) in [6.07, 6.45) is 3.64. The maximum atomic E-state index is 9.15. The van der Waals surface area contributed by atoms with E-state index in [2.05, 4.69) is 24.7 Å². The first-order valence-corrected chi connectivity index (χ1v) is 7.75. The van der Waals surface area contributed by atoms with Crippen LogP contribution >= 0.6 is 22.7 Å². The number of hydrogen-bond acceptors (Lipinski definition) is 8. The zero-order valence-electron chi connectivity index (χ0n) is 10.3. The Labute approximate surface area is 119 Å². The Morgan fingerprint density at radius 1 is 1.00 bits per heavy atom. The molecule has 0 aliphatic carbocycles. The van der Waals surface area contributed by atoms with Crippen molar-refractivity contribution < 1.29 is 5.11 Å². The molecule has 0 radical (unpaired) electrons. The fourth-order valence-corrected chi connectivity index (χ4v) is 3.35. The highest BCUT2D eigenvalue weighted by Gasteiger charge is 2.25. The van der Waals surface area contributed by atoms with Crippen molar-refractivity contribution in [2.75, 3.05) is 43.0 Å². The molecule has 0 amide bonds. The summed E-state index contributed by atoms with van der Waals surface area (Å²) in [4.78, 5) is 15.3. The second-order valence-electron chi connectivity index (χ2n) is 4.25. The summed E-state index contributed by atoms with van der Waals surface area (Å²) < 4.78 is 0. The molecule has 8 heteroatoms. The van der Waals surface area contributed by atoms with Crippen LogP contribution in [0.2, 0.25) is 0 Å². The van der Waals surface area contributed by atoms with E-state index in [9.17, 15) is 0 Å². The van der Waals surface area contributed by atoms with Gasteiger partial charge in [0.15, 0.2) is 10.3 Å². The topological polar surface area (TPSA) is 55.7 Å². The Kier molecular flexibility index (Phi) is 3.92. The Balaban J connectivity index is 1.78. The van der Waals surface area contributed by atoms with Gasteiger partial charge in [0.25, 0.3) is 0 Å². The first-order chi connectivity index (χ1) is 9.36. The maximum Gasteiger partial charge on any atom is 0.187 e. The lowest BCUT2D eigenvalue weighted by Gasteiger charge is -2.41. The van der Waals surface area contributed by atoms with Crippen LogP contribution < -0.4 is 9.80 Å². The van der Waals surface area contributed by atoms with Gasteiger partial charge in [0.1, 0.15) is 0 Å². The van der Waals surface area contributed by atoms with E-state index in [4.69, 9.17) is 5.11 Å². The van der Waals surface area contributed by atoms with Crippen molar-refractivity contribution >= 4 is 32.9 Å². The second kappa shape index (κ2) is 5.83. The summed E-state index contributed by atoms with van der Waals surface area (Å²) in [7, 11) is 0. The van der Waals surface area contributed by atoms with E-state index < -0.39 is 0 Å². The molecule has 2 aromatic rings. The van der Waals surface area contributed by atoms with Crippen LogP contribution in [0.15, 0.2) is 23.2 Å². The normalized spacial score (nSPS) is 17.1. The van der Waals surface area contributed by atoms with Gasteiger partial charge in [-0.25, -0.2) is 9.97 Å². The Morgan fingerprint density at radius 3 is 2.00 bits per heavy atom. The molecule has 0 aromatic carbocycles. The van der Waals surface area contributed by atoms with Gasteiger partial charge in [-0.05, 0) is 0 Å². The fourth-order valence-electron chi connectivity index (χ4n) is 2.09. The van der Waals surface area contributed by atoms with E-state index in [-0.39, 0.29) is 6.61 Å². The molecule has 0 saturated carbocycles. The van der Waals surface area contributed by atoms with Crippen LogP contribution in [-0.4, -0.2) is 53.1 Å². The van der Waals surface area contributed by atoms with Gasteiger partial charge in [-0.1, -0.05) is 0 Å². The monoisotopic (exact) mass is 297 g/mol. The minimum Gasteiger partial charge on any atom is -0.395 e. The van der Waals surface area contributed by atoms with Crippen LogP contribution in [0.5, 0.6) is 0 Å². The number of nitrogens with zero attached hydrogens (tertiary/aromatic N) is 5. The summed E-state index contributed by atoms with van der Waals surface area (Å²) in [5, 5.41) is 15.1. The fraction of sp³-hybridized carbons (Fsp3) is 0.455. The van der Waals surface area contributed by atoms with Gasteiger partial charge in [0.2, 0.25) is 0 Å². The van der Waals surface area contributed by atoms with Crippen molar-refractivity contribution in [2.24, 2.45) is 0 Å². The van der Waals surface area contributed by atoms with Crippen LogP contribution in [0.1, 0.15) is 0 Å². The molecule has 0 atom stereocenters. The van der Waals surface area contributed by atoms with Gasteiger partial charge in [-0.15, -0.1) is 22.7 Å². The maximum absolute atomic E-state index is 9.15. The van der Waals surface area contributed by atoms with E-state index in [1.807, 2.05) is 23.2 Å². The number of aliphatic hydroxyl groups excluding tert-OH is 1. The van der Waals surface area contributed by atoms with Crippen LogP contribution in [0.3, 0.4) is 0 Å². The number of aromatic nitrogens is 2. The van der Waals surface area contributed by atoms with Gasteiger partial charge in [0.05, 0.1) is 26.6 Å². The summed E-state index contributed by atoms with van der Waals surface area (Å²) >= 11 is 3.26. The van der Waals surface area contributed by atoms with Crippen molar-refractivity contribution in [1.82, 2.24) is 14.9 Å². The van der Waals surface area contributed by atoms with E-state index in [0.717, 1.165) is 30.3 Å². The number of hydrogen-bond donors (Lipinski definition) is 1. The molecule has 1 fully saturated rings. The van der Waals surface area contributed by atoms with Gasteiger partial charge in [0, 0.05) is 29.7 Å². The minimum absolute atomic E-state index is 0.164.